The minimum Gasteiger partial charge on any atom is -0.385 e. The van der Waals surface area contributed by atoms with Crippen molar-refractivity contribution in [2.24, 2.45) is 16.3 Å². The maximum absolute atomic E-state index is 5.35. The Kier molecular flexibility index (Phi) is 12.2. The summed E-state index contributed by atoms with van der Waals surface area (Å²) < 4.78 is 5.35. The van der Waals surface area contributed by atoms with Crippen LogP contribution in [0.15, 0.2) is 4.99 Å². The molecule has 160 valence electrons. The normalized spacial score (nSPS) is 23.3. The van der Waals surface area contributed by atoms with Crippen molar-refractivity contribution in [3.8, 4) is 0 Å². The fraction of sp³-hybridized carbons (Fsp3) is 0.952. The predicted octanol–water partition coefficient (Wildman–Crippen LogP) is 3.88. The van der Waals surface area contributed by atoms with Crippen LogP contribution in [0.3, 0.4) is 0 Å². The van der Waals surface area contributed by atoms with Gasteiger partial charge in [0.15, 0.2) is 5.96 Å². The van der Waals surface area contributed by atoms with Crippen molar-refractivity contribution in [1.29, 1.82) is 0 Å². The number of rotatable bonds is 9. The highest BCUT2D eigenvalue weighted by Crippen LogP contribution is 2.41. The van der Waals surface area contributed by atoms with Gasteiger partial charge in [-0.3, -0.25) is 4.99 Å². The van der Waals surface area contributed by atoms with E-state index in [-0.39, 0.29) is 24.0 Å². The zero-order valence-electron chi connectivity index (χ0n) is 18.1. The van der Waals surface area contributed by atoms with Gasteiger partial charge in [0.25, 0.3) is 0 Å². The second-order valence-corrected chi connectivity index (χ2v) is 8.62. The number of guanidine groups is 1. The van der Waals surface area contributed by atoms with Gasteiger partial charge in [-0.1, -0.05) is 12.8 Å². The number of halogens is 1. The molecule has 0 amide bonds. The summed E-state index contributed by atoms with van der Waals surface area (Å²) in [6, 6.07) is 0.655. The molecule has 1 atom stereocenters. The molecular formula is C21H43IN4O. The zero-order valence-corrected chi connectivity index (χ0v) is 20.4. The van der Waals surface area contributed by atoms with Gasteiger partial charge in [-0.2, -0.15) is 0 Å². The van der Waals surface area contributed by atoms with Crippen LogP contribution < -0.4 is 10.6 Å². The molecule has 0 aromatic rings. The molecule has 0 bridgehead atoms. The number of hydrogen-bond donors (Lipinski definition) is 2. The molecule has 2 rings (SSSR count). The maximum atomic E-state index is 5.35. The van der Waals surface area contributed by atoms with Crippen molar-refractivity contribution in [2.75, 3.05) is 46.4 Å². The van der Waals surface area contributed by atoms with Gasteiger partial charge >= 0.3 is 0 Å². The van der Waals surface area contributed by atoms with Crippen LogP contribution in [0.2, 0.25) is 0 Å². The first-order valence-corrected chi connectivity index (χ1v) is 10.8. The molecule has 1 aliphatic carbocycles. The van der Waals surface area contributed by atoms with Gasteiger partial charge in [0.1, 0.15) is 0 Å². The third-order valence-electron chi connectivity index (χ3n) is 6.26. The Labute approximate surface area is 184 Å². The van der Waals surface area contributed by atoms with Crippen LogP contribution in [-0.2, 0) is 4.74 Å². The highest BCUT2D eigenvalue weighted by Gasteiger charge is 2.33. The first kappa shape index (κ1) is 25.0. The molecule has 6 heteroatoms. The smallest absolute Gasteiger partial charge is 0.191 e. The van der Waals surface area contributed by atoms with Gasteiger partial charge in [-0.15, -0.1) is 24.0 Å². The molecular weight excluding hydrogens is 451 g/mol. The molecule has 1 heterocycles. The van der Waals surface area contributed by atoms with E-state index in [1.165, 1.54) is 51.6 Å². The van der Waals surface area contributed by atoms with E-state index in [0.29, 0.717) is 11.5 Å². The van der Waals surface area contributed by atoms with E-state index >= 15 is 0 Å². The lowest BCUT2D eigenvalue weighted by Gasteiger charge is -2.35. The molecule has 27 heavy (non-hydrogen) atoms. The summed E-state index contributed by atoms with van der Waals surface area (Å²) in [5, 5.41) is 7.08. The third-order valence-corrected chi connectivity index (χ3v) is 6.26. The summed E-state index contributed by atoms with van der Waals surface area (Å²) in [4.78, 5) is 7.59. The molecule has 1 unspecified atom stereocenters. The molecule has 2 aliphatic rings. The number of piperidine rings is 1. The minimum atomic E-state index is 0. The Bertz CT molecular complexity index is 424. The Morgan fingerprint density at radius 2 is 1.96 bits per heavy atom. The molecule has 1 saturated carbocycles. The molecule has 2 fully saturated rings. The van der Waals surface area contributed by atoms with Gasteiger partial charge in [0, 0.05) is 45.9 Å². The lowest BCUT2D eigenvalue weighted by molar-refractivity contribution is 0.140. The maximum Gasteiger partial charge on any atom is 0.191 e. The van der Waals surface area contributed by atoms with Crippen LogP contribution in [0.25, 0.3) is 0 Å². The van der Waals surface area contributed by atoms with Crippen molar-refractivity contribution in [3.05, 3.63) is 0 Å². The average Bonchev–Trinajstić information content (AvgIpc) is 3.12. The summed E-state index contributed by atoms with van der Waals surface area (Å²) in [5.41, 5.74) is 0.359. The minimum absolute atomic E-state index is 0. The molecule has 0 radical (unpaired) electrons. The Morgan fingerprint density at radius 1 is 1.22 bits per heavy atom. The second kappa shape index (κ2) is 13.2. The van der Waals surface area contributed by atoms with E-state index in [1.54, 1.807) is 0 Å². The molecule has 1 aliphatic heterocycles. The Balaban J connectivity index is 0.00000364. The highest BCUT2D eigenvalue weighted by molar-refractivity contribution is 14.0. The van der Waals surface area contributed by atoms with Gasteiger partial charge in [0.05, 0.1) is 0 Å². The number of nitrogens with zero attached hydrogens (tertiary/aromatic N) is 2. The first-order valence-electron chi connectivity index (χ1n) is 10.8. The third kappa shape index (κ3) is 8.44. The fourth-order valence-electron chi connectivity index (χ4n) is 4.49. The van der Waals surface area contributed by atoms with E-state index in [1.807, 2.05) is 7.11 Å². The summed E-state index contributed by atoms with van der Waals surface area (Å²) >= 11 is 0. The fourth-order valence-corrected chi connectivity index (χ4v) is 4.49. The molecule has 1 saturated heterocycles. The standard InChI is InChI=1S/C21H42N4O.HI/c1-5-22-20(23-15-19-9-8-13-25(16-19)18(2)3)24-17-21(12-14-26-4)10-6-7-11-21;/h18-19H,5-17H2,1-4H3,(H2,22,23,24);1H. The zero-order chi connectivity index (χ0) is 18.8. The largest absolute Gasteiger partial charge is 0.385 e. The number of methoxy groups -OCH3 is 1. The SMILES string of the molecule is CCNC(=NCC1(CCOC)CCCC1)NCC1CCCN(C(C)C)C1.I. The number of hydrogen-bond acceptors (Lipinski definition) is 3. The van der Waals surface area contributed by atoms with Crippen molar-refractivity contribution < 1.29 is 4.74 Å². The van der Waals surface area contributed by atoms with Crippen molar-refractivity contribution in [3.63, 3.8) is 0 Å². The van der Waals surface area contributed by atoms with E-state index in [2.05, 4.69) is 36.3 Å². The lowest BCUT2D eigenvalue weighted by atomic mass is 9.83. The van der Waals surface area contributed by atoms with Crippen LogP contribution >= 0.6 is 24.0 Å². The van der Waals surface area contributed by atoms with Crippen LogP contribution in [-0.4, -0.2) is 63.3 Å². The summed E-state index contributed by atoms with van der Waals surface area (Å²) in [7, 11) is 1.81. The van der Waals surface area contributed by atoms with Crippen molar-refractivity contribution in [2.45, 2.75) is 71.8 Å². The second-order valence-electron chi connectivity index (χ2n) is 8.62. The number of ether oxygens (including phenoxy) is 1. The highest BCUT2D eigenvalue weighted by atomic mass is 127. The topological polar surface area (TPSA) is 48.9 Å². The Hall–Kier alpha value is -0.0800. The van der Waals surface area contributed by atoms with Crippen LogP contribution in [0.1, 0.15) is 65.7 Å². The first-order chi connectivity index (χ1) is 12.6. The number of likely N-dealkylation sites (tertiary alicyclic amines) is 1. The molecule has 0 spiro atoms. The van der Waals surface area contributed by atoms with Crippen molar-refractivity contribution in [1.82, 2.24) is 15.5 Å². The predicted molar refractivity (Wildman–Crippen MR) is 126 cm³/mol. The molecule has 2 N–H and O–H groups in total. The van der Waals surface area contributed by atoms with Gasteiger partial charge < -0.3 is 20.3 Å². The van der Waals surface area contributed by atoms with Gasteiger partial charge in [-0.05, 0) is 70.8 Å². The monoisotopic (exact) mass is 494 g/mol. The summed E-state index contributed by atoms with van der Waals surface area (Å²) in [5.74, 6) is 1.72. The van der Waals surface area contributed by atoms with Crippen molar-refractivity contribution >= 4 is 29.9 Å². The summed E-state index contributed by atoms with van der Waals surface area (Å²) in [6.07, 6.45) is 9.06. The average molecular weight is 495 g/mol. The van der Waals surface area contributed by atoms with Crippen LogP contribution in [0, 0.1) is 11.3 Å². The molecule has 0 aromatic carbocycles. The van der Waals surface area contributed by atoms with E-state index in [9.17, 15) is 0 Å². The van der Waals surface area contributed by atoms with Crippen LogP contribution in [0.5, 0.6) is 0 Å². The molecule has 0 aromatic heterocycles. The summed E-state index contributed by atoms with van der Waals surface area (Å²) in [6.45, 7) is 13.0. The Morgan fingerprint density at radius 3 is 2.59 bits per heavy atom. The van der Waals surface area contributed by atoms with Gasteiger partial charge in [-0.25, -0.2) is 0 Å². The van der Waals surface area contributed by atoms with Crippen LogP contribution in [0.4, 0.5) is 0 Å². The van der Waals surface area contributed by atoms with Gasteiger partial charge in [0.2, 0.25) is 0 Å². The number of aliphatic imine (C=N–C) groups is 1. The quantitative estimate of drug-likeness (QED) is 0.290. The van der Waals surface area contributed by atoms with E-state index < -0.39 is 0 Å². The van der Waals surface area contributed by atoms with E-state index in [4.69, 9.17) is 9.73 Å². The number of nitrogens with one attached hydrogen (secondary N) is 2. The lowest BCUT2D eigenvalue weighted by Crippen LogP contribution is -2.46. The molecule has 5 nitrogen and oxygen atoms in total. The van der Waals surface area contributed by atoms with E-state index in [0.717, 1.165) is 44.5 Å².